The van der Waals surface area contributed by atoms with E-state index < -0.39 is 17.2 Å². The highest BCUT2D eigenvalue weighted by molar-refractivity contribution is 6.30. The summed E-state index contributed by atoms with van der Waals surface area (Å²) >= 11 is 5.96. The second kappa shape index (κ2) is 10.3. The second-order valence-corrected chi connectivity index (χ2v) is 8.03. The number of H-pyrrole nitrogens is 1. The molecule has 8 nitrogen and oxygen atoms in total. The molecule has 0 saturated heterocycles. The molecule has 0 unspecified atom stereocenters. The second-order valence-electron chi connectivity index (χ2n) is 7.60. The van der Waals surface area contributed by atoms with Crippen LogP contribution in [0.5, 0.6) is 5.75 Å². The van der Waals surface area contributed by atoms with E-state index in [4.69, 9.17) is 22.1 Å². The SMILES string of the molecule is CCCCn1c(N)c(N(CC(C)C)C(=O)COc2ccc(Cl)cc2C)c(=O)[nH]c1=O. The number of carbonyl (C=O) groups excluding carboxylic acids is 1. The number of aromatic amines is 1. The van der Waals surface area contributed by atoms with E-state index in [1.807, 2.05) is 27.7 Å². The zero-order valence-electron chi connectivity index (χ0n) is 17.8. The van der Waals surface area contributed by atoms with Crippen LogP contribution in [0.25, 0.3) is 0 Å². The van der Waals surface area contributed by atoms with Crippen LogP contribution in [-0.2, 0) is 11.3 Å². The zero-order valence-corrected chi connectivity index (χ0v) is 18.6. The molecule has 2 rings (SSSR count). The molecule has 30 heavy (non-hydrogen) atoms. The molecule has 1 amide bonds. The topological polar surface area (TPSA) is 110 Å². The van der Waals surface area contributed by atoms with Gasteiger partial charge in [0.1, 0.15) is 11.6 Å². The predicted octanol–water partition coefficient (Wildman–Crippen LogP) is 2.95. The van der Waals surface area contributed by atoms with Crippen LogP contribution >= 0.6 is 11.6 Å². The number of nitrogens with two attached hydrogens (primary N) is 1. The third-order valence-electron chi connectivity index (χ3n) is 4.56. The molecule has 0 spiro atoms. The third-order valence-corrected chi connectivity index (χ3v) is 4.79. The van der Waals surface area contributed by atoms with Crippen molar-refractivity contribution in [2.24, 2.45) is 5.92 Å². The number of aryl methyl sites for hydroxylation is 1. The summed E-state index contributed by atoms with van der Waals surface area (Å²) in [4.78, 5) is 41.4. The largest absolute Gasteiger partial charge is 0.483 e. The number of nitrogens with zero attached hydrogens (tertiary/aromatic N) is 2. The molecule has 164 valence electrons. The maximum atomic E-state index is 13.0. The van der Waals surface area contributed by atoms with Crippen molar-refractivity contribution in [3.8, 4) is 5.75 Å². The highest BCUT2D eigenvalue weighted by atomic mass is 35.5. The van der Waals surface area contributed by atoms with Crippen molar-refractivity contribution in [3.05, 3.63) is 49.6 Å². The normalized spacial score (nSPS) is 11.0. The van der Waals surface area contributed by atoms with Crippen LogP contribution in [0.15, 0.2) is 27.8 Å². The zero-order chi connectivity index (χ0) is 22.4. The summed E-state index contributed by atoms with van der Waals surface area (Å²) in [6.45, 7) is 7.96. The van der Waals surface area contributed by atoms with Gasteiger partial charge in [0.2, 0.25) is 0 Å². The summed E-state index contributed by atoms with van der Waals surface area (Å²) in [5, 5.41) is 0.571. The van der Waals surface area contributed by atoms with Gasteiger partial charge in [0.25, 0.3) is 11.5 Å². The maximum absolute atomic E-state index is 13.0. The van der Waals surface area contributed by atoms with Crippen LogP contribution in [0, 0.1) is 12.8 Å². The van der Waals surface area contributed by atoms with Crippen molar-refractivity contribution >= 4 is 29.0 Å². The van der Waals surface area contributed by atoms with Crippen molar-refractivity contribution in [3.63, 3.8) is 0 Å². The summed E-state index contributed by atoms with van der Waals surface area (Å²) < 4.78 is 6.96. The lowest BCUT2D eigenvalue weighted by molar-refractivity contribution is -0.120. The van der Waals surface area contributed by atoms with Gasteiger partial charge in [-0.05, 0) is 43.0 Å². The van der Waals surface area contributed by atoms with Crippen molar-refractivity contribution in [1.82, 2.24) is 9.55 Å². The Balaban J connectivity index is 2.38. The number of benzene rings is 1. The highest BCUT2D eigenvalue weighted by Gasteiger charge is 2.25. The van der Waals surface area contributed by atoms with Gasteiger partial charge in [-0.1, -0.05) is 38.8 Å². The Bertz CT molecular complexity index is 1010. The summed E-state index contributed by atoms with van der Waals surface area (Å²) in [5.41, 5.74) is 5.67. The first-order valence-electron chi connectivity index (χ1n) is 9.97. The fourth-order valence-electron chi connectivity index (χ4n) is 3.05. The van der Waals surface area contributed by atoms with Crippen LogP contribution in [-0.4, -0.2) is 28.6 Å². The molecule has 3 N–H and O–H groups in total. The van der Waals surface area contributed by atoms with Gasteiger partial charge in [-0.2, -0.15) is 0 Å². The molecule has 0 fully saturated rings. The first-order chi connectivity index (χ1) is 14.1. The van der Waals surface area contributed by atoms with E-state index in [1.54, 1.807) is 18.2 Å². The minimum absolute atomic E-state index is 0.0196. The molecule has 1 aromatic heterocycles. The fraction of sp³-hybridized carbons (Fsp3) is 0.476. The lowest BCUT2D eigenvalue weighted by atomic mass is 10.2. The number of hydrogen-bond donors (Lipinski definition) is 2. The summed E-state index contributed by atoms with van der Waals surface area (Å²) in [5.74, 6) is 0.123. The number of aromatic nitrogens is 2. The summed E-state index contributed by atoms with van der Waals surface area (Å²) in [6.07, 6.45) is 1.57. The van der Waals surface area contributed by atoms with Crippen molar-refractivity contribution in [1.29, 1.82) is 0 Å². The fourth-order valence-corrected chi connectivity index (χ4v) is 3.28. The number of ether oxygens (including phenoxy) is 1. The van der Waals surface area contributed by atoms with Gasteiger partial charge >= 0.3 is 5.69 Å². The number of rotatable bonds is 9. The number of nitrogens with one attached hydrogen (secondary N) is 1. The number of unbranched alkanes of at least 4 members (excludes halogenated alkanes) is 1. The number of amides is 1. The van der Waals surface area contributed by atoms with Crippen molar-refractivity contribution in [2.45, 2.75) is 47.1 Å². The summed E-state index contributed by atoms with van der Waals surface area (Å²) in [7, 11) is 0. The molecule has 2 aromatic rings. The molecule has 9 heteroatoms. The Morgan fingerprint density at radius 3 is 2.63 bits per heavy atom. The van der Waals surface area contributed by atoms with Crippen LogP contribution in [0.3, 0.4) is 0 Å². The molecular formula is C21H29ClN4O4. The molecule has 0 bridgehead atoms. The van der Waals surface area contributed by atoms with Crippen molar-refractivity contribution < 1.29 is 9.53 Å². The third kappa shape index (κ3) is 5.66. The van der Waals surface area contributed by atoms with E-state index in [0.29, 0.717) is 23.7 Å². The van der Waals surface area contributed by atoms with Gasteiger partial charge in [0, 0.05) is 18.1 Å². The van der Waals surface area contributed by atoms with Crippen molar-refractivity contribution in [2.75, 3.05) is 23.8 Å². The van der Waals surface area contributed by atoms with Gasteiger partial charge in [-0.3, -0.25) is 19.1 Å². The van der Waals surface area contributed by atoms with Gasteiger partial charge in [-0.25, -0.2) is 4.79 Å². The van der Waals surface area contributed by atoms with Gasteiger partial charge in [0.15, 0.2) is 12.3 Å². The molecule has 0 radical (unpaired) electrons. The number of anilines is 2. The number of hydrogen-bond acceptors (Lipinski definition) is 5. The molecule has 0 aliphatic rings. The number of halogens is 1. The first-order valence-corrected chi connectivity index (χ1v) is 10.3. The van der Waals surface area contributed by atoms with Gasteiger partial charge in [-0.15, -0.1) is 0 Å². The van der Waals surface area contributed by atoms with E-state index in [1.165, 1.54) is 9.47 Å². The average molecular weight is 437 g/mol. The predicted molar refractivity (Wildman–Crippen MR) is 120 cm³/mol. The molecule has 0 aliphatic carbocycles. The van der Waals surface area contributed by atoms with Gasteiger partial charge in [0.05, 0.1) is 0 Å². The van der Waals surface area contributed by atoms with E-state index in [-0.39, 0.29) is 30.6 Å². The minimum Gasteiger partial charge on any atom is -0.483 e. The quantitative estimate of drug-likeness (QED) is 0.627. The molecule has 1 aromatic carbocycles. The lowest BCUT2D eigenvalue weighted by Crippen LogP contribution is -2.44. The van der Waals surface area contributed by atoms with Crippen LogP contribution in [0.1, 0.15) is 39.2 Å². The Labute approximate surface area is 180 Å². The smallest absolute Gasteiger partial charge is 0.330 e. The molecule has 0 saturated carbocycles. The Morgan fingerprint density at radius 1 is 1.33 bits per heavy atom. The monoisotopic (exact) mass is 436 g/mol. The maximum Gasteiger partial charge on any atom is 0.330 e. The Kier molecular flexibility index (Phi) is 8.11. The Hall–Kier alpha value is -2.74. The number of carbonyl (C=O) groups is 1. The highest BCUT2D eigenvalue weighted by Crippen LogP contribution is 2.23. The molecule has 0 aliphatic heterocycles. The standard InChI is InChI=1S/C21H29ClN4O4/c1-5-6-9-25-19(23)18(20(28)24-21(25)29)26(11-13(2)3)17(27)12-30-16-8-7-15(22)10-14(16)4/h7-8,10,13H,5-6,9,11-12,23H2,1-4H3,(H,24,28,29). The molecule has 0 atom stereocenters. The summed E-state index contributed by atoms with van der Waals surface area (Å²) in [6, 6.07) is 5.09. The number of nitrogen functional groups attached to an aromatic ring is 1. The van der Waals surface area contributed by atoms with E-state index in [2.05, 4.69) is 4.98 Å². The van der Waals surface area contributed by atoms with E-state index in [0.717, 1.165) is 12.0 Å². The van der Waals surface area contributed by atoms with Crippen LogP contribution in [0.2, 0.25) is 5.02 Å². The van der Waals surface area contributed by atoms with Gasteiger partial charge < -0.3 is 15.4 Å². The van der Waals surface area contributed by atoms with E-state index >= 15 is 0 Å². The molecule has 1 heterocycles. The van der Waals surface area contributed by atoms with E-state index in [9.17, 15) is 14.4 Å². The molecular weight excluding hydrogens is 408 g/mol. The Morgan fingerprint density at radius 2 is 2.03 bits per heavy atom. The minimum atomic E-state index is -0.693. The van der Waals surface area contributed by atoms with Crippen LogP contribution < -0.4 is 26.6 Å². The average Bonchev–Trinajstić information content (AvgIpc) is 2.65. The first kappa shape index (κ1) is 23.5. The lowest BCUT2D eigenvalue weighted by Gasteiger charge is -2.26. The van der Waals surface area contributed by atoms with Crippen LogP contribution in [0.4, 0.5) is 11.5 Å².